The van der Waals surface area contributed by atoms with E-state index < -0.39 is 0 Å². The molecule has 3 aromatic rings. The minimum absolute atomic E-state index is 0.0982. The highest BCUT2D eigenvalue weighted by molar-refractivity contribution is 5.82. The number of benzene rings is 3. The number of rotatable bonds is 3. The predicted molar refractivity (Wildman–Crippen MR) is 111 cm³/mol. The first kappa shape index (κ1) is 16.8. The lowest BCUT2D eigenvalue weighted by atomic mass is 9.75. The van der Waals surface area contributed by atoms with E-state index in [1.54, 1.807) is 12.1 Å². The summed E-state index contributed by atoms with van der Waals surface area (Å²) in [6.45, 7) is 0. The Bertz CT molecular complexity index is 1070. The summed E-state index contributed by atoms with van der Waals surface area (Å²) in [4.78, 5) is 11.4. The monoisotopic (exact) mass is 368 g/mol. The van der Waals surface area contributed by atoms with Gasteiger partial charge in [0, 0.05) is 23.2 Å². The number of fused-ring (bicyclic) bond motifs is 3. The minimum Gasteiger partial charge on any atom is -0.377 e. The van der Waals surface area contributed by atoms with E-state index >= 15 is 0 Å². The van der Waals surface area contributed by atoms with Crippen LogP contribution in [0, 0.1) is 16.0 Å². The van der Waals surface area contributed by atoms with Crippen LogP contribution in [0.4, 0.5) is 11.4 Å². The Morgan fingerprint density at radius 1 is 0.893 bits per heavy atom. The van der Waals surface area contributed by atoms with Gasteiger partial charge in [-0.1, -0.05) is 78.9 Å². The molecular weight excluding hydrogens is 348 g/mol. The summed E-state index contributed by atoms with van der Waals surface area (Å²) in [5.74, 6) is 0.546. The number of allylic oxidation sites excluding steroid dienone is 2. The van der Waals surface area contributed by atoms with Crippen molar-refractivity contribution in [2.24, 2.45) is 5.92 Å². The standard InChI is InChI=1S/C24H20N2O2/c27-26(28)22-15-5-4-10-21(22)24-20-14-7-12-18(20)19-13-6-11-17(23(19)25-24)16-8-2-1-3-9-16/h1-13,15,18,20,24-25H,14H2/t18-,20+,24+/m1/s1. The Labute approximate surface area is 163 Å². The fourth-order valence-corrected chi connectivity index (χ4v) is 4.70. The third-order valence-electron chi connectivity index (χ3n) is 5.95. The van der Waals surface area contributed by atoms with Crippen molar-refractivity contribution in [2.45, 2.75) is 18.4 Å². The Kier molecular flexibility index (Phi) is 3.97. The summed E-state index contributed by atoms with van der Waals surface area (Å²) in [6.07, 6.45) is 5.40. The van der Waals surface area contributed by atoms with Gasteiger partial charge >= 0.3 is 0 Å². The van der Waals surface area contributed by atoms with E-state index in [0.717, 1.165) is 28.8 Å². The zero-order chi connectivity index (χ0) is 19.1. The maximum atomic E-state index is 11.7. The second-order valence-corrected chi connectivity index (χ2v) is 7.43. The molecule has 28 heavy (non-hydrogen) atoms. The third-order valence-corrected chi connectivity index (χ3v) is 5.95. The highest BCUT2D eigenvalue weighted by Gasteiger charge is 2.40. The van der Waals surface area contributed by atoms with Crippen molar-refractivity contribution in [1.82, 2.24) is 0 Å². The Hall–Kier alpha value is -3.40. The van der Waals surface area contributed by atoms with E-state index in [1.165, 1.54) is 5.56 Å². The van der Waals surface area contributed by atoms with Gasteiger partial charge in [-0.3, -0.25) is 10.1 Å². The molecule has 1 heterocycles. The van der Waals surface area contributed by atoms with Crippen LogP contribution in [-0.4, -0.2) is 4.92 Å². The number of para-hydroxylation sites is 2. The molecule has 3 aromatic carbocycles. The molecule has 2 aliphatic rings. The number of hydrogen-bond donors (Lipinski definition) is 1. The maximum Gasteiger partial charge on any atom is 0.274 e. The smallest absolute Gasteiger partial charge is 0.274 e. The molecule has 0 radical (unpaired) electrons. The second kappa shape index (κ2) is 6.64. The van der Waals surface area contributed by atoms with Gasteiger partial charge in [0.2, 0.25) is 0 Å². The number of anilines is 1. The van der Waals surface area contributed by atoms with Crippen molar-refractivity contribution in [3.05, 3.63) is 106 Å². The van der Waals surface area contributed by atoms with Crippen LogP contribution in [0.1, 0.15) is 29.5 Å². The first-order valence-electron chi connectivity index (χ1n) is 9.59. The Morgan fingerprint density at radius 3 is 2.46 bits per heavy atom. The van der Waals surface area contributed by atoms with Gasteiger partial charge in [-0.15, -0.1) is 0 Å². The van der Waals surface area contributed by atoms with Crippen LogP contribution in [-0.2, 0) is 0 Å². The van der Waals surface area contributed by atoms with Gasteiger partial charge in [0.15, 0.2) is 0 Å². The van der Waals surface area contributed by atoms with Crippen LogP contribution in [0.3, 0.4) is 0 Å². The first-order valence-corrected chi connectivity index (χ1v) is 9.59. The molecule has 0 saturated carbocycles. The number of nitrogens with one attached hydrogen (secondary N) is 1. The summed E-state index contributed by atoms with van der Waals surface area (Å²) in [7, 11) is 0. The molecule has 0 unspecified atom stereocenters. The van der Waals surface area contributed by atoms with E-state index in [4.69, 9.17) is 0 Å². The summed E-state index contributed by atoms with van der Waals surface area (Å²) < 4.78 is 0. The van der Waals surface area contributed by atoms with Crippen LogP contribution in [0.2, 0.25) is 0 Å². The average molecular weight is 368 g/mol. The highest BCUT2D eigenvalue weighted by atomic mass is 16.6. The van der Waals surface area contributed by atoms with Crippen molar-refractivity contribution in [2.75, 3.05) is 5.32 Å². The predicted octanol–water partition coefficient (Wildman–Crippen LogP) is 6.09. The summed E-state index contributed by atoms with van der Waals surface area (Å²) in [6, 6.07) is 23.7. The molecule has 138 valence electrons. The number of nitro groups is 1. The largest absolute Gasteiger partial charge is 0.377 e. The molecule has 0 fully saturated rings. The normalized spacial score (nSPS) is 22.2. The van der Waals surface area contributed by atoms with Gasteiger partial charge in [-0.05, 0) is 23.5 Å². The molecule has 0 aromatic heterocycles. The first-order chi connectivity index (χ1) is 13.7. The molecule has 0 bridgehead atoms. The van der Waals surface area contributed by atoms with Crippen LogP contribution < -0.4 is 5.32 Å². The average Bonchev–Trinajstić information content (AvgIpc) is 3.23. The fourth-order valence-electron chi connectivity index (χ4n) is 4.70. The van der Waals surface area contributed by atoms with E-state index in [-0.39, 0.29) is 28.5 Å². The highest BCUT2D eigenvalue weighted by Crippen LogP contribution is 2.53. The molecular formula is C24H20N2O2. The van der Waals surface area contributed by atoms with Crippen molar-refractivity contribution >= 4 is 11.4 Å². The van der Waals surface area contributed by atoms with Crippen LogP contribution in [0.25, 0.3) is 11.1 Å². The Morgan fingerprint density at radius 2 is 1.64 bits per heavy atom. The van der Waals surface area contributed by atoms with E-state index in [9.17, 15) is 10.1 Å². The zero-order valence-electron chi connectivity index (χ0n) is 15.3. The van der Waals surface area contributed by atoms with Gasteiger partial charge in [-0.25, -0.2) is 0 Å². The summed E-state index contributed by atoms with van der Waals surface area (Å²) in [5, 5.41) is 15.4. The molecule has 1 aliphatic carbocycles. The van der Waals surface area contributed by atoms with E-state index in [1.807, 2.05) is 30.3 Å². The quantitative estimate of drug-likeness (QED) is 0.346. The number of nitrogens with zero attached hydrogens (tertiary/aromatic N) is 1. The summed E-state index contributed by atoms with van der Waals surface area (Å²) >= 11 is 0. The SMILES string of the molecule is O=[N+]([O-])c1ccccc1[C@H]1Nc2c(-c3ccccc3)cccc2[C@H]2C=CC[C@@H]21. The van der Waals surface area contributed by atoms with Crippen molar-refractivity contribution < 1.29 is 4.92 Å². The number of hydrogen-bond acceptors (Lipinski definition) is 3. The molecule has 1 N–H and O–H groups in total. The molecule has 0 amide bonds. The van der Waals surface area contributed by atoms with Crippen LogP contribution in [0.15, 0.2) is 84.9 Å². The molecule has 0 saturated heterocycles. The maximum absolute atomic E-state index is 11.7. The summed E-state index contributed by atoms with van der Waals surface area (Å²) in [5.41, 5.74) is 5.60. The lowest BCUT2D eigenvalue weighted by Crippen LogP contribution is -2.30. The van der Waals surface area contributed by atoms with Gasteiger partial charge in [0.05, 0.1) is 16.5 Å². The van der Waals surface area contributed by atoms with E-state index in [0.29, 0.717) is 0 Å². The van der Waals surface area contributed by atoms with Gasteiger partial charge in [-0.2, -0.15) is 0 Å². The van der Waals surface area contributed by atoms with Crippen molar-refractivity contribution in [3.63, 3.8) is 0 Å². The molecule has 4 heteroatoms. The topological polar surface area (TPSA) is 55.2 Å². The van der Waals surface area contributed by atoms with Crippen LogP contribution in [0.5, 0.6) is 0 Å². The molecule has 1 aliphatic heterocycles. The molecule has 4 nitrogen and oxygen atoms in total. The van der Waals surface area contributed by atoms with E-state index in [2.05, 4.69) is 47.8 Å². The van der Waals surface area contributed by atoms with Gasteiger partial charge in [0.25, 0.3) is 5.69 Å². The lowest BCUT2D eigenvalue weighted by molar-refractivity contribution is -0.385. The Balaban J connectivity index is 1.68. The lowest BCUT2D eigenvalue weighted by Gasteiger charge is -2.38. The van der Waals surface area contributed by atoms with Gasteiger partial charge < -0.3 is 5.32 Å². The fraction of sp³-hybridized carbons (Fsp3) is 0.167. The molecule has 3 atom stereocenters. The molecule has 0 spiro atoms. The number of nitro benzene ring substituents is 1. The third kappa shape index (κ3) is 2.61. The molecule has 5 rings (SSSR count). The van der Waals surface area contributed by atoms with Gasteiger partial charge in [0.1, 0.15) is 0 Å². The van der Waals surface area contributed by atoms with Crippen molar-refractivity contribution in [3.8, 4) is 11.1 Å². The van der Waals surface area contributed by atoms with Crippen molar-refractivity contribution in [1.29, 1.82) is 0 Å². The van der Waals surface area contributed by atoms with Crippen LogP contribution >= 0.6 is 0 Å². The minimum atomic E-state index is -0.271. The second-order valence-electron chi connectivity index (χ2n) is 7.43. The zero-order valence-corrected chi connectivity index (χ0v) is 15.3.